The lowest BCUT2D eigenvalue weighted by molar-refractivity contribution is -0.118. The number of hydrazone groups is 1. The molecule has 0 aliphatic carbocycles. The summed E-state index contributed by atoms with van der Waals surface area (Å²) in [5.41, 5.74) is 0.858. The SMILES string of the molecule is C=C(Br)CC(C(C)=O)/C(C)=N\N1CCC[C@H]1COC. The number of ketones is 1. The van der Waals surface area contributed by atoms with Crippen LogP contribution in [0.5, 0.6) is 0 Å². The summed E-state index contributed by atoms with van der Waals surface area (Å²) in [4.78, 5) is 11.7. The maximum atomic E-state index is 11.7. The number of Topliss-reactive ketones (excluding diaryl/α,β-unsaturated/α-hetero) is 1. The van der Waals surface area contributed by atoms with Gasteiger partial charge in [-0.05, 0) is 37.6 Å². The van der Waals surface area contributed by atoms with E-state index < -0.39 is 0 Å². The van der Waals surface area contributed by atoms with Crippen molar-refractivity contribution in [1.82, 2.24) is 5.01 Å². The maximum Gasteiger partial charge on any atom is 0.138 e. The van der Waals surface area contributed by atoms with Gasteiger partial charge in [0, 0.05) is 19.4 Å². The van der Waals surface area contributed by atoms with E-state index in [0.29, 0.717) is 19.1 Å². The van der Waals surface area contributed by atoms with Crippen LogP contribution < -0.4 is 0 Å². The number of hydrogen-bond donors (Lipinski definition) is 0. The highest BCUT2D eigenvalue weighted by Gasteiger charge is 2.25. The monoisotopic (exact) mass is 330 g/mol. The van der Waals surface area contributed by atoms with E-state index in [1.165, 1.54) is 0 Å². The second-order valence-electron chi connectivity index (χ2n) is 5.04. The van der Waals surface area contributed by atoms with Crippen LogP contribution in [0.4, 0.5) is 0 Å². The van der Waals surface area contributed by atoms with E-state index >= 15 is 0 Å². The third kappa shape index (κ3) is 5.07. The fraction of sp³-hybridized carbons (Fsp3) is 0.714. The van der Waals surface area contributed by atoms with Gasteiger partial charge in [-0.15, -0.1) is 0 Å². The van der Waals surface area contributed by atoms with E-state index in [0.717, 1.165) is 29.6 Å². The third-order valence-electron chi connectivity index (χ3n) is 3.41. The van der Waals surface area contributed by atoms with Crippen molar-refractivity contribution in [3.8, 4) is 0 Å². The first kappa shape index (κ1) is 16.4. The molecule has 0 aromatic heterocycles. The number of ether oxygens (including phenoxy) is 1. The number of methoxy groups -OCH3 is 1. The number of rotatable bonds is 7. The van der Waals surface area contributed by atoms with Crippen LogP contribution in [0.1, 0.15) is 33.1 Å². The van der Waals surface area contributed by atoms with Crippen molar-refractivity contribution in [3.05, 3.63) is 11.1 Å². The van der Waals surface area contributed by atoms with E-state index in [1.54, 1.807) is 14.0 Å². The first-order chi connectivity index (χ1) is 8.95. The normalized spacial score (nSPS) is 21.6. The number of halogens is 1. The van der Waals surface area contributed by atoms with Gasteiger partial charge >= 0.3 is 0 Å². The van der Waals surface area contributed by atoms with Gasteiger partial charge in [0.05, 0.1) is 18.6 Å². The standard InChI is InChI=1S/C14H23BrN2O2/c1-10(15)8-14(12(3)18)11(2)16-17-7-5-6-13(17)9-19-4/h13-14H,1,5-9H2,2-4H3/b16-11-/t13-,14?/m0/s1. The highest BCUT2D eigenvalue weighted by Crippen LogP contribution is 2.22. The molecule has 1 aliphatic heterocycles. The summed E-state index contributed by atoms with van der Waals surface area (Å²) in [5.74, 6) is -0.0555. The molecule has 4 nitrogen and oxygen atoms in total. The summed E-state index contributed by atoms with van der Waals surface area (Å²) in [6.45, 7) is 8.96. The topological polar surface area (TPSA) is 41.9 Å². The number of carbonyl (C=O) groups is 1. The zero-order valence-electron chi connectivity index (χ0n) is 12.0. The fourth-order valence-electron chi connectivity index (χ4n) is 2.39. The summed E-state index contributed by atoms with van der Waals surface area (Å²) in [7, 11) is 1.71. The Labute approximate surface area is 124 Å². The van der Waals surface area contributed by atoms with Gasteiger partial charge in [-0.1, -0.05) is 22.5 Å². The lowest BCUT2D eigenvalue weighted by Gasteiger charge is -2.23. The van der Waals surface area contributed by atoms with Gasteiger partial charge in [-0.3, -0.25) is 9.80 Å². The van der Waals surface area contributed by atoms with Crippen LogP contribution in [-0.4, -0.2) is 42.8 Å². The predicted octanol–water partition coefficient (Wildman–Crippen LogP) is 2.98. The van der Waals surface area contributed by atoms with E-state index in [-0.39, 0.29) is 11.7 Å². The van der Waals surface area contributed by atoms with Crippen LogP contribution in [-0.2, 0) is 9.53 Å². The van der Waals surface area contributed by atoms with E-state index in [1.807, 2.05) is 6.92 Å². The summed E-state index contributed by atoms with van der Waals surface area (Å²) in [6, 6.07) is 0.333. The number of carbonyl (C=O) groups excluding carboxylic acids is 1. The van der Waals surface area contributed by atoms with Gasteiger partial charge in [0.25, 0.3) is 0 Å². The molecule has 19 heavy (non-hydrogen) atoms. The molecule has 0 amide bonds. The Kier molecular flexibility index (Phi) is 6.72. The smallest absolute Gasteiger partial charge is 0.138 e. The molecule has 0 bridgehead atoms. The lowest BCUT2D eigenvalue weighted by atomic mass is 9.96. The molecule has 1 rings (SSSR count). The summed E-state index contributed by atoms with van der Waals surface area (Å²) >= 11 is 3.33. The Bertz CT molecular complexity index is 368. The minimum Gasteiger partial charge on any atom is -0.382 e. The fourth-order valence-corrected chi connectivity index (χ4v) is 2.72. The number of nitrogens with zero attached hydrogens (tertiary/aromatic N) is 2. The van der Waals surface area contributed by atoms with Crippen LogP contribution in [0.25, 0.3) is 0 Å². The Balaban J connectivity index is 2.76. The molecular formula is C14H23BrN2O2. The van der Waals surface area contributed by atoms with E-state index in [9.17, 15) is 4.79 Å². The third-order valence-corrected chi connectivity index (χ3v) is 3.74. The minimum absolute atomic E-state index is 0.129. The molecule has 0 aromatic carbocycles. The van der Waals surface area contributed by atoms with Crippen molar-refractivity contribution in [1.29, 1.82) is 0 Å². The van der Waals surface area contributed by atoms with Crippen LogP contribution in [0.15, 0.2) is 16.2 Å². The van der Waals surface area contributed by atoms with Crippen molar-refractivity contribution >= 4 is 27.4 Å². The summed E-state index contributed by atoms with van der Waals surface area (Å²) in [6.07, 6.45) is 2.83. The Hall–Kier alpha value is -0.680. The van der Waals surface area contributed by atoms with Crippen molar-refractivity contribution in [2.75, 3.05) is 20.3 Å². The average Bonchev–Trinajstić information content (AvgIpc) is 2.73. The first-order valence-electron chi connectivity index (χ1n) is 6.60. The van der Waals surface area contributed by atoms with Crippen molar-refractivity contribution < 1.29 is 9.53 Å². The lowest BCUT2D eigenvalue weighted by Crippen LogP contribution is -2.31. The van der Waals surface area contributed by atoms with Gasteiger partial charge in [0.2, 0.25) is 0 Å². The number of allylic oxidation sites excluding steroid dienone is 1. The molecule has 1 aliphatic rings. The maximum absolute atomic E-state index is 11.7. The molecule has 0 saturated carbocycles. The minimum atomic E-state index is -0.185. The molecule has 2 atom stereocenters. The Morgan fingerprint density at radius 2 is 2.26 bits per heavy atom. The van der Waals surface area contributed by atoms with Gasteiger partial charge in [-0.25, -0.2) is 0 Å². The summed E-state index contributed by atoms with van der Waals surface area (Å²) in [5, 5.41) is 6.70. The predicted molar refractivity (Wildman–Crippen MR) is 81.6 cm³/mol. The zero-order valence-corrected chi connectivity index (χ0v) is 13.6. The molecule has 1 unspecified atom stereocenters. The molecule has 0 aromatic rings. The van der Waals surface area contributed by atoms with Crippen molar-refractivity contribution in [2.24, 2.45) is 11.0 Å². The Morgan fingerprint density at radius 3 is 2.79 bits per heavy atom. The molecule has 1 heterocycles. The van der Waals surface area contributed by atoms with Gasteiger partial charge < -0.3 is 4.74 Å². The van der Waals surface area contributed by atoms with Crippen LogP contribution in [0, 0.1) is 5.92 Å². The van der Waals surface area contributed by atoms with Crippen LogP contribution in [0.2, 0.25) is 0 Å². The quantitative estimate of drug-likeness (QED) is 0.674. The van der Waals surface area contributed by atoms with Gasteiger partial charge in [0.15, 0.2) is 0 Å². The van der Waals surface area contributed by atoms with E-state index in [2.05, 4.69) is 32.6 Å². The molecule has 0 spiro atoms. The second kappa shape index (κ2) is 7.80. The molecule has 0 N–H and O–H groups in total. The Morgan fingerprint density at radius 1 is 1.58 bits per heavy atom. The molecule has 0 radical (unpaired) electrons. The van der Waals surface area contributed by atoms with Crippen LogP contribution >= 0.6 is 15.9 Å². The molecule has 1 fully saturated rings. The van der Waals surface area contributed by atoms with Crippen LogP contribution in [0.3, 0.4) is 0 Å². The average molecular weight is 331 g/mol. The van der Waals surface area contributed by atoms with Crippen molar-refractivity contribution in [3.63, 3.8) is 0 Å². The van der Waals surface area contributed by atoms with Gasteiger partial charge in [0.1, 0.15) is 5.78 Å². The molecular weight excluding hydrogens is 308 g/mol. The largest absolute Gasteiger partial charge is 0.382 e. The van der Waals surface area contributed by atoms with Gasteiger partial charge in [-0.2, -0.15) is 5.10 Å². The number of hydrogen-bond acceptors (Lipinski definition) is 4. The van der Waals surface area contributed by atoms with Crippen molar-refractivity contribution in [2.45, 2.75) is 39.2 Å². The molecule has 1 saturated heterocycles. The highest BCUT2D eigenvalue weighted by molar-refractivity contribution is 9.11. The summed E-state index contributed by atoms with van der Waals surface area (Å²) < 4.78 is 6.04. The highest BCUT2D eigenvalue weighted by atomic mass is 79.9. The first-order valence-corrected chi connectivity index (χ1v) is 7.39. The second-order valence-corrected chi connectivity index (χ2v) is 6.16. The van der Waals surface area contributed by atoms with E-state index in [4.69, 9.17) is 4.74 Å². The zero-order chi connectivity index (χ0) is 14.4. The molecule has 5 heteroatoms. The molecule has 108 valence electrons.